The molecule has 30 heavy (non-hydrogen) atoms. The van der Waals surface area contributed by atoms with Crippen molar-refractivity contribution in [1.29, 1.82) is 5.26 Å². The monoisotopic (exact) mass is 414 g/mol. The summed E-state index contributed by atoms with van der Waals surface area (Å²) in [6, 6.07) is 2.18. The predicted molar refractivity (Wildman–Crippen MR) is 112 cm³/mol. The average molecular weight is 415 g/mol. The van der Waals surface area contributed by atoms with Gasteiger partial charge in [0.1, 0.15) is 11.6 Å². The molecule has 1 unspecified atom stereocenters. The molecule has 1 heterocycles. The van der Waals surface area contributed by atoms with Crippen LogP contribution in [0, 0.1) is 34.5 Å². The van der Waals surface area contributed by atoms with Crippen molar-refractivity contribution < 1.29 is 14.3 Å². The van der Waals surface area contributed by atoms with Crippen molar-refractivity contribution in [2.75, 3.05) is 32.8 Å². The van der Waals surface area contributed by atoms with Gasteiger partial charge in [-0.3, -0.25) is 4.79 Å². The minimum Gasteiger partial charge on any atom is -0.450 e. The van der Waals surface area contributed by atoms with E-state index in [1.54, 1.807) is 18.0 Å². The number of carbonyl (C=O) groups is 2. The Morgan fingerprint density at radius 1 is 1.13 bits per heavy atom. The van der Waals surface area contributed by atoms with Crippen molar-refractivity contribution in [1.82, 2.24) is 15.1 Å². The highest BCUT2D eigenvalue weighted by atomic mass is 16.6. The van der Waals surface area contributed by atoms with E-state index in [1.165, 1.54) is 38.5 Å². The number of piperazine rings is 1. The zero-order valence-corrected chi connectivity index (χ0v) is 18.2. The number of ether oxygens (including phenoxy) is 1. The van der Waals surface area contributed by atoms with E-state index in [1.807, 2.05) is 4.90 Å². The molecule has 4 saturated carbocycles. The van der Waals surface area contributed by atoms with Gasteiger partial charge in [-0.1, -0.05) is 0 Å². The maximum atomic E-state index is 12.9. The van der Waals surface area contributed by atoms with Crippen LogP contribution < -0.4 is 5.32 Å². The molecule has 4 bridgehead atoms. The Labute approximate surface area is 179 Å². The molecule has 7 nitrogen and oxygen atoms in total. The van der Waals surface area contributed by atoms with Gasteiger partial charge in [0.05, 0.1) is 6.61 Å². The molecule has 1 N–H and O–H groups in total. The predicted octanol–water partition coefficient (Wildman–Crippen LogP) is 2.89. The highest BCUT2D eigenvalue weighted by Gasteiger charge is 2.53. The van der Waals surface area contributed by atoms with Gasteiger partial charge < -0.3 is 19.9 Å². The summed E-state index contributed by atoms with van der Waals surface area (Å²) in [5, 5.41) is 12.8. The molecule has 5 fully saturated rings. The fourth-order valence-electron chi connectivity index (χ4n) is 6.70. The van der Waals surface area contributed by atoms with Crippen LogP contribution in [0.3, 0.4) is 0 Å². The number of amides is 2. The van der Waals surface area contributed by atoms with Crippen LogP contribution in [0.25, 0.3) is 0 Å². The molecule has 1 saturated heterocycles. The Bertz CT molecular complexity index is 713. The first-order valence-electron chi connectivity index (χ1n) is 11.5. The van der Waals surface area contributed by atoms with Crippen LogP contribution in [-0.2, 0) is 9.53 Å². The second-order valence-corrected chi connectivity index (χ2v) is 9.85. The zero-order chi connectivity index (χ0) is 21.3. The van der Waals surface area contributed by atoms with E-state index in [2.05, 4.69) is 18.3 Å². The van der Waals surface area contributed by atoms with Crippen LogP contribution in [0.5, 0.6) is 0 Å². The quantitative estimate of drug-likeness (QED) is 0.552. The smallest absolute Gasteiger partial charge is 0.409 e. The maximum Gasteiger partial charge on any atom is 0.409 e. The molecular formula is C23H34N4O3. The molecule has 7 heteroatoms. The van der Waals surface area contributed by atoms with Crippen LogP contribution in [0.1, 0.15) is 52.4 Å². The highest BCUT2D eigenvalue weighted by Crippen LogP contribution is 2.61. The lowest BCUT2D eigenvalue weighted by atomic mass is 9.48. The summed E-state index contributed by atoms with van der Waals surface area (Å²) in [5.41, 5.74) is 0.368. The third kappa shape index (κ3) is 4.14. The SMILES string of the molecule is CCOC(=O)N1CCN(/C=C(/C#N)C(=O)NC(C)C23CC4CC(CC(C4)C2)C3)CC1. The van der Waals surface area contributed by atoms with E-state index < -0.39 is 0 Å². The van der Waals surface area contributed by atoms with Crippen LogP contribution >= 0.6 is 0 Å². The molecule has 0 spiro atoms. The summed E-state index contributed by atoms with van der Waals surface area (Å²) in [6.45, 7) is 6.51. The minimum absolute atomic E-state index is 0.0933. The van der Waals surface area contributed by atoms with E-state index in [4.69, 9.17) is 4.74 Å². The van der Waals surface area contributed by atoms with Crippen LogP contribution in [0.15, 0.2) is 11.8 Å². The lowest BCUT2D eigenvalue weighted by Crippen LogP contribution is -2.56. The first-order chi connectivity index (χ1) is 14.4. The molecule has 5 aliphatic rings. The number of rotatable bonds is 5. The number of hydrogen-bond acceptors (Lipinski definition) is 5. The maximum absolute atomic E-state index is 12.9. The van der Waals surface area contributed by atoms with Crippen molar-refractivity contribution >= 4 is 12.0 Å². The van der Waals surface area contributed by atoms with E-state index in [-0.39, 0.29) is 29.0 Å². The Balaban J connectivity index is 1.34. The fraction of sp³-hybridized carbons (Fsp3) is 0.783. The van der Waals surface area contributed by atoms with Gasteiger partial charge in [-0.2, -0.15) is 5.26 Å². The number of hydrogen-bond donors (Lipinski definition) is 1. The molecular weight excluding hydrogens is 380 g/mol. The standard InChI is InChI=1S/C23H34N4O3/c1-3-30-22(29)27-6-4-26(5-7-27)15-20(14-24)21(28)25-16(2)23-11-17-8-18(12-23)10-19(9-17)13-23/h15-19H,3-13H2,1-2H3,(H,25,28)/b20-15-. The molecule has 5 rings (SSSR count). The Morgan fingerprint density at radius 3 is 2.20 bits per heavy atom. The normalized spacial score (nSPS) is 33.8. The van der Waals surface area contributed by atoms with Crippen LogP contribution in [-0.4, -0.2) is 60.6 Å². The zero-order valence-electron chi connectivity index (χ0n) is 18.2. The lowest BCUT2D eigenvalue weighted by Gasteiger charge is -2.59. The van der Waals surface area contributed by atoms with Crippen LogP contribution in [0.4, 0.5) is 4.79 Å². The minimum atomic E-state index is -0.302. The van der Waals surface area contributed by atoms with E-state index in [0.29, 0.717) is 32.8 Å². The fourth-order valence-corrected chi connectivity index (χ4v) is 6.70. The van der Waals surface area contributed by atoms with Gasteiger partial charge in [0, 0.05) is 38.4 Å². The van der Waals surface area contributed by atoms with Gasteiger partial charge in [0.15, 0.2) is 0 Å². The van der Waals surface area contributed by atoms with Crippen molar-refractivity contribution in [3.63, 3.8) is 0 Å². The summed E-state index contributed by atoms with van der Waals surface area (Å²) >= 11 is 0. The molecule has 4 aliphatic carbocycles. The molecule has 0 aromatic carbocycles. The second kappa shape index (κ2) is 8.49. The van der Waals surface area contributed by atoms with Gasteiger partial charge in [0.2, 0.25) is 0 Å². The highest BCUT2D eigenvalue weighted by molar-refractivity contribution is 5.97. The van der Waals surface area contributed by atoms with Gasteiger partial charge in [-0.05, 0) is 75.5 Å². The van der Waals surface area contributed by atoms with Crippen molar-refractivity contribution in [3.8, 4) is 6.07 Å². The van der Waals surface area contributed by atoms with Crippen molar-refractivity contribution in [2.24, 2.45) is 23.2 Å². The summed E-state index contributed by atoms with van der Waals surface area (Å²) in [5.74, 6) is 2.22. The van der Waals surface area contributed by atoms with Gasteiger partial charge in [-0.15, -0.1) is 0 Å². The molecule has 2 amide bonds. The topological polar surface area (TPSA) is 85.7 Å². The summed E-state index contributed by atoms with van der Waals surface area (Å²) in [6.07, 6.45) is 9.16. The summed E-state index contributed by atoms with van der Waals surface area (Å²) < 4.78 is 5.04. The molecule has 0 aromatic rings. The van der Waals surface area contributed by atoms with E-state index in [0.717, 1.165) is 17.8 Å². The third-order valence-corrected chi connectivity index (χ3v) is 7.87. The first kappa shape index (κ1) is 21.0. The average Bonchev–Trinajstić information content (AvgIpc) is 2.71. The van der Waals surface area contributed by atoms with Gasteiger partial charge in [-0.25, -0.2) is 4.79 Å². The first-order valence-corrected chi connectivity index (χ1v) is 11.5. The summed E-state index contributed by atoms with van der Waals surface area (Å²) in [7, 11) is 0. The number of nitrogens with one attached hydrogen (secondary N) is 1. The largest absolute Gasteiger partial charge is 0.450 e. The van der Waals surface area contributed by atoms with E-state index >= 15 is 0 Å². The molecule has 164 valence electrons. The second-order valence-electron chi connectivity index (χ2n) is 9.85. The number of nitriles is 1. The number of nitrogens with zero attached hydrogens (tertiary/aromatic N) is 3. The summed E-state index contributed by atoms with van der Waals surface area (Å²) in [4.78, 5) is 28.3. The molecule has 1 aliphatic heterocycles. The van der Waals surface area contributed by atoms with Gasteiger partial charge >= 0.3 is 6.09 Å². The van der Waals surface area contributed by atoms with Crippen molar-refractivity contribution in [2.45, 2.75) is 58.4 Å². The van der Waals surface area contributed by atoms with Gasteiger partial charge in [0.25, 0.3) is 5.91 Å². The Kier molecular flexibility index (Phi) is 5.95. The molecule has 0 aromatic heterocycles. The third-order valence-electron chi connectivity index (χ3n) is 7.87. The van der Waals surface area contributed by atoms with Crippen molar-refractivity contribution in [3.05, 3.63) is 11.8 Å². The molecule has 0 radical (unpaired) electrons. The number of carbonyl (C=O) groups excluding carboxylic acids is 2. The lowest BCUT2D eigenvalue weighted by molar-refractivity contribution is -0.122. The molecule has 1 atom stereocenters. The Morgan fingerprint density at radius 2 is 1.70 bits per heavy atom. The Hall–Kier alpha value is -2.23. The van der Waals surface area contributed by atoms with E-state index in [9.17, 15) is 14.9 Å². The van der Waals surface area contributed by atoms with Crippen LogP contribution in [0.2, 0.25) is 0 Å².